The normalized spacial score (nSPS) is 12.1. The summed E-state index contributed by atoms with van der Waals surface area (Å²) in [6.07, 6.45) is 0. The number of para-hydroxylation sites is 1. The Bertz CT molecular complexity index is 502. The molecule has 0 saturated heterocycles. The molecule has 0 fully saturated rings. The summed E-state index contributed by atoms with van der Waals surface area (Å²) in [6.45, 7) is 0.438. The van der Waals surface area contributed by atoms with Gasteiger partial charge in [0.25, 0.3) is 0 Å². The van der Waals surface area contributed by atoms with Gasteiger partial charge in [-0.2, -0.15) is 0 Å². The van der Waals surface area contributed by atoms with Crippen molar-refractivity contribution in [1.29, 1.82) is 0 Å². The molecule has 1 unspecified atom stereocenters. The predicted octanol–water partition coefficient (Wildman–Crippen LogP) is 2.92. The summed E-state index contributed by atoms with van der Waals surface area (Å²) in [5, 5.41) is 18.7. The molecule has 4 heteroatoms. The van der Waals surface area contributed by atoms with Crippen LogP contribution in [-0.2, 0) is 0 Å². The van der Waals surface area contributed by atoms with Gasteiger partial charge >= 0.3 is 0 Å². The lowest BCUT2D eigenvalue weighted by Crippen LogP contribution is -2.18. The van der Waals surface area contributed by atoms with Crippen LogP contribution in [0, 0.1) is 0 Å². The third kappa shape index (κ3) is 4.50. The van der Waals surface area contributed by atoms with Crippen LogP contribution in [0.15, 0.2) is 59.5 Å². The monoisotopic (exact) mass is 276 g/mol. The number of aliphatic hydroxyl groups is 1. The van der Waals surface area contributed by atoms with Crippen LogP contribution < -0.4 is 4.74 Å². The molecule has 2 rings (SSSR count). The van der Waals surface area contributed by atoms with Crippen molar-refractivity contribution >= 4 is 11.8 Å². The third-order valence-electron chi connectivity index (χ3n) is 2.50. The molecule has 0 heterocycles. The molecule has 1 atom stereocenters. The van der Waals surface area contributed by atoms with Crippen LogP contribution >= 0.6 is 11.8 Å². The molecule has 0 aliphatic heterocycles. The topological polar surface area (TPSA) is 49.7 Å². The van der Waals surface area contributed by atoms with Crippen molar-refractivity contribution in [2.24, 2.45) is 0 Å². The Morgan fingerprint density at radius 1 is 1.05 bits per heavy atom. The van der Waals surface area contributed by atoms with Gasteiger partial charge in [0.15, 0.2) is 0 Å². The van der Waals surface area contributed by atoms with Gasteiger partial charge in [0.2, 0.25) is 0 Å². The summed E-state index contributed by atoms with van der Waals surface area (Å²) in [7, 11) is 0. The Kier molecular flexibility index (Phi) is 5.12. The number of rotatable bonds is 6. The summed E-state index contributed by atoms with van der Waals surface area (Å²) < 4.78 is 5.62. The first kappa shape index (κ1) is 13.8. The second-order valence-corrected chi connectivity index (χ2v) is 5.42. The minimum Gasteiger partial charge on any atom is -0.508 e. The molecule has 2 aromatic rings. The molecule has 0 spiro atoms. The predicted molar refractivity (Wildman–Crippen MR) is 76.8 cm³/mol. The second-order valence-electron chi connectivity index (χ2n) is 4.04. The standard InChI is InChI=1S/C15H16O3S/c16-10-15(11-18-13-6-2-1-3-7-13)19-14-8-4-5-12(17)9-14/h1-9,15-17H,10-11H2. The number of ether oxygens (including phenoxy) is 1. The van der Waals surface area contributed by atoms with Crippen molar-refractivity contribution in [1.82, 2.24) is 0 Å². The second kappa shape index (κ2) is 7.07. The summed E-state index contributed by atoms with van der Waals surface area (Å²) >= 11 is 1.49. The van der Waals surface area contributed by atoms with Gasteiger partial charge in [0, 0.05) is 4.90 Å². The first-order valence-electron chi connectivity index (χ1n) is 6.02. The number of aliphatic hydroxyl groups excluding tert-OH is 1. The molecule has 19 heavy (non-hydrogen) atoms. The highest BCUT2D eigenvalue weighted by Gasteiger charge is 2.11. The summed E-state index contributed by atoms with van der Waals surface area (Å²) in [5.74, 6) is 1.02. The van der Waals surface area contributed by atoms with E-state index in [9.17, 15) is 10.2 Å². The Hall–Kier alpha value is -1.65. The lowest BCUT2D eigenvalue weighted by Gasteiger charge is -2.15. The van der Waals surface area contributed by atoms with Crippen molar-refractivity contribution in [3.05, 3.63) is 54.6 Å². The summed E-state index contributed by atoms with van der Waals surface area (Å²) in [6, 6.07) is 16.5. The number of thioether (sulfide) groups is 1. The molecule has 3 nitrogen and oxygen atoms in total. The highest BCUT2D eigenvalue weighted by molar-refractivity contribution is 8.00. The Balaban J connectivity index is 1.90. The first-order valence-corrected chi connectivity index (χ1v) is 6.90. The minimum absolute atomic E-state index is 0.0210. The van der Waals surface area contributed by atoms with Gasteiger partial charge in [-0.15, -0.1) is 11.8 Å². The number of hydrogen-bond acceptors (Lipinski definition) is 4. The highest BCUT2D eigenvalue weighted by Crippen LogP contribution is 2.26. The van der Waals surface area contributed by atoms with Gasteiger partial charge < -0.3 is 14.9 Å². The van der Waals surface area contributed by atoms with Gasteiger partial charge in [-0.25, -0.2) is 0 Å². The van der Waals surface area contributed by atoms with E-state index in [0.29, 0.717) is 6.61 Å². The summed E-state index contributed by atoms with van der Waals surface area (Å²) in [4.78, 5) is 0.913. The van der Waals surface area contributed by atoms with Crippen LogP contribution in [-0.4, -0.2) is 28.7 Å². The van der Waals surface area contributed by atoms with E-state index in [1.54, 1.807) is 18.2 Å². The Morgan fingerprint density at radius 3 is 2.53 bits per heavy atom. The molecular formula is C15H16O3S. The fourth-order valence-electron chi connectivity index (χ4n) is 1.58. The van der Waals surface area contributed by atoms with E-state index < -0.39 is 0 Å². The zero-order valence-electron chi connectivity index (χ0n) is 10.4. The third-order valence-corrected chi connectivity index (χ3v) is 3.65. The summed E-state index contributed by atoms with van der Waals surface area (Å²) in [5.41, 5.74) is 0. The average molecular weight is 276 g/mol. The van der Waals surface area contributed by atoms with Crippen LogP contribution in [0.1, 0.15) is 0 Å². The number of benzene rings is 2. The molecule has 0 bridgehead atoms. The van der Waals surface area contributed by atoms with E-state index in [-0.39, 0.29) is 17.6 Å². The van der Waals surface area contributed by atoms with Crippen LogP contribution in [0.2, 0.25) is 0 Å². The number of hydrogen-bond donors (Lipinski definition) is 2. The van der Waals surface area contributed by atoms with Gasteiger partial charge in [0.1, 0.15) is 18.1 Å². The quantitative estimate of drug-likeness (QED) is 0.796. The maximum absolute atomic E-state index is 9.40. The van der Waals surface area contributed by atoms with Crippen LogP contribution in [0.5, 0.6) is 11.5 Å². The molecule has 0 radical (unpaired) electrons. The molecule has 0 aromatic heterocycles. The number of phenols is 1. The van der Waals surface area contributed by atoms with E-state index in [4.69, 9.17) is 4.74 Å². The number of aromatic hydroxyl groups is 1. The van der Waals surface area contributed by atoms with Crippen molar-refractivity contribution in [2.45, 2.75) is 10.1 Å². The van der Waals surface area contributed by atoms with Crippen molar-refractivity contribution < 1.29 is 14.9 Å². The molecule has 0 aliphatic rings. The Morgan fingerprint density at radius 2 is 1.84 bits per heavy atom. The van der Waals surface area contributed by atoms with Crippen LogP contribution in [0.4, 0.5) is 0 Å². The number of phenolic OH excluding ortho intramolecular Hbond substituents is 1. The molecule has 0 amide bonds. The Labute approximate surface area is 116 Å². The lowest BCUT2D eigenvalue weighted by molar-refractivity contribution is 0.241. The van der Waals surface area contributed by atoms with E-state index in [1.165, 1.54) is 11.8 Å². The highest BCUT2D eigenvalue weighted by atomic mass is 32.2. The minimum atomic E-state index is -0.0676. The van der Waals surface area contributed by atoms with Gasteiger partial charge in [0.05, 0.1) is 11.9 Å². The fraction of sp³-hybridized carbons (Fsp3) is 0.200. The van der Waals surface area contributed by atoms with Gasteiger partial charge in [-0.1, -0.05) is 24.3 Å². The fourth-order valence-corrected chi connectivity index (χ4v) is 2.52. The maximum atomic E-state index is 9.40. The van der Waals surface area contributed by atoms with Crippen molar-refractivity contribution in [3.63, 3.8) is 0 Å². The molecular weight excluding hydrogens is 260 g/mol. The molecule has 0 saturated carbocycles. The smallest absolute Gasteiger partial charge is 0.119 e. The van der Waals surface area contributed by atoms with E-state index in [0.717, 1.165) is 10.6 Å². The molecule has 0 aliphatic carbocycles. The molecule has 100 valence electrons. The first-order chi connectivity index (χ1) is 9.28. The van der Waals surface area contributed by atoms with Crippen molar-refractivity contribution in [2.75, 3.05) is 13.2 Å². The van der Waals surface area contributed by atoms with Crippen molar-refractivity contribution in [3.8, 4) is 11.5 Å². The van der Waals surface area contributed by atoms with E-state index >= 15 is 0 Å². The van der Waals surface area contributed by atoms with E-state index in [2.05, 4.69) is 0 Å². The van der Waals surface area contributed by atoms with Crippen LogP contribution in [0.25, 0.3) is 0 Å². The van der Waals surface area contributed by atoms with Gasteiger partial charge in [-0.3, -0.25) is 0 Å². The molecule has 2 aromatic carbocycles. The van der Waals surface area contributed by atoms with E-state index in [1.807, 2.05) is 36.4 Å². The van der Waals surface area contributed by atoms with Gasteiger partial charge in [-0.05, 0) is 30.3 Å². The maximum Gasteiger partial charge on any atom is 0.119 e. The zero-order chi connectivity index (χ0) is 13.5. The lowest BCUT2D eigenvalue weighted by atomic mass is 10.3. The average Bonchev–Trinajstić information content (AvgIpc) is 2.44. The zero-order valence-corrected chi connectivity index (χ0v) is 11.2. The largest absolute Gasteiger partial charge is 0.508 e. The molecule has 2 N–H and O–H groups in total. The van der Waals surface area contributed by atoms with Crippen LogP contribution in [0.3, 0.4) is 0 Å². The SMILES string of the molecule is OCC(COc1ccccc1)Sc1cccc(O)c1.